The number of hydrogen-bond donors (Lipinski definition) is 9. The summed E-state index contributed by atoms with van der Waals surface area (Å²) < 4.78 is 6.54. The van der Waals surface area contributed by atoms with Gasteiger partial charge in [0.05, 0.1) is 29.6 Å². The molecule has 12 nitrogen and oxygen atoms in total. The molecule has 9 atom stereocenters. The summed E-state index contributed by atoms with van der Waals surface area (Å²) in [6, 6.07) is 18.7. The fraction of sp³-hybridized carbons (Fsp3) is 0.419. The number of ether oxygens (including phenoxy) is 1. The predicted molar refractivity (Wildman–Crippen MR) is 286 cm³/mol. The Bertz CT molecular complexity index is 3090. The van der Waals surface area contributed by atoms with Gasteiger partial charge < -0.3 is 50.9 Å². The Balaban J connectivity index is 1.10. The fourth-order valence-electron chi connectivity index (χ4n) is 12.9. The Kier molecular flexibility index (Phi) is 14.0. The van der Waals surface area contributed by atoms with Crippen LogP contribution in [0.4, 0.5) is 5.82 Å². The number of Topliss-reactive ketones (excluding diaryl/α,β-unsaturated/α-hetero) is 2. The van der Waals surface area contributed by atoms with E-state index < -0.39 is 53.9 Å². The van der Waals surface area contributed by atoms with Gasteiger partial charge in [0.25, 0.3) is 0 Å². The van der Waals surface area contributed by atoms with Crippen LogP contribution in [0.15, 0.2) is 96.9 Å². The molecule has 12 rings (SSSR count). The van der Waals surface area contributed by atoms with E-state index in [2.05, 4.69) is 69.7 Å². The number of allylic oxidation sites excluding steroid dienone is 1. The van der Waals surface area contributed by atoms with Crippen LogP contribution >= 0.6 is 0 Å². The number of rotatable bonds is 10. The maximum atomic E-state index is 16.1. The van der Waals surface area contributed by atoms with E-state index in [1.165, 1.54) is 0 Å². The van der Waals surface area contributed by atoms with E-state index >= 15 is 9.59 Å². The number of H-pyrrole nitrogens is 2. The third-order valence-corrected chi connectivity index (χ3v) is 16.8. The molecule has 7 bridgehead atoms. The minimum absolute atomic E-state index is 0.00431. The van der Waals surface area contributed by atoms with E-state index in [0.717, 1.165) is 83.3 Å². The number of anilines is 1. The Morgan fingerprint density at radius 1 is 0.878 bits per heavy atom. The molecule has 4 aliphatic carbocycles. The SMILES string of the molecule is CCCNCC1C#CC2Nc3[nH]ccc3C3C=CC(c4ccc(cc43)Cc3cc(cc(OC4CCCC4)c3O)CCC(=O)C(CCO)C(=O)C3C2=Cc2[nH]ccc2C3CC2(O)C=Cc3c(O)cccc3CC2)C1O. The van der Waals surface area contributed by atoms with Crippen LogP contribution in [-0.2, 0) is 28.9 Å². The van der Waals surface area contributed by atoms with Crippen molar-refractivity contribution in [3.63, 3.8) is 0 Å². The third kappa shape index (κ3) is 9.67. The largest absolute Gasteiger partial charge is 0.507 e. The molecule has 0 radical (unpaired) electrons. The van der Waals surface area contributed by atoms with Gasteiger partial charge in [0.1, 0.15) is 23.4 Å². The van der Waals surface area contributed by atoms with Gasteiger partial charge in [-0.3, -0.25) is 9.59 Å². The predicted octanol–water partition coefficient (Wildman–Crippen LogP) is 8.89. The highest BCUT2D eigenvalue weighted by atomic mass is 16.5. The van der Waals surface area contributed by atoms with E-state index in [9.17, 15) is 25.5 Å². The molecule has 9 N–H and O–H groups in total. The van der Waals surface area contributed by atoms with Crippen molar-refractivity contribution in [1.29, 1.82) is 0 Å². The van der Waals surface area contributed by atoms with Gasteiger partial charge in [-0.05, 0) is 140 Å². The number of phenolic OH excluding ortho intramolecular Hbond substituents is 2. The summed E-state index contributed by atoms with van der Waals surface area (Å²) in [6.07, 6.45) is 18.7. The molecule has 0 saturated heterocycles. The van der Waals surface area contributed by atoms with Gasteiger partial charge in [0, 0.05) is 84.4 Å². The first kappa shape index (κ1) is 49.6. The first-order valence-corrected chi connectivity index (χ1v) is 26.9. The summed E-state index contributed by atoms with van der Waals surface area (Å²) in [6.45, 7) is 2.82. The number of aryl methyl sites for hydroxylation is 2. The van der Waals surface area contributed by atoms with Crippen molar-refractivity contribution in [3.05, 3.63) is 153 Å². The molecule has 3 aromatic carbocycles. The molecular formula is C62H68N4O8. The van der Waals surface area contributed by atoms with Gasteiger partial charge in [-0.25, -0.2) is 0 Å². The Labute approximate surface area is 433 Å². The number of aromatic amines is 2. The van der Waals surface area contributed by atoms with Gasteiger partial charge >= 0.3 is 0 Å². The number of phenols is 2. The molecule has 9 unspecified atom stereocenters. The number of carbonyl (C=O) groups excluding carboxylic acids is 2. The van der Waals surface area contributed by atoms with E-state index in [-0.39, 0.29) is 60.8 Å². The summed E-state index contributed by atoms with van der Waals surface area (Å²) >= 11 is 0. The Hall–Kier alpha value is -6.62. The number of hydrogen-bond acceptors (Lipinski definition) is 10. The molecule has 74 heavy (non-hydrogen) atoms. The number of aromatic hydroxyl groups is 2. The second-order valence-corrected chi connectivity index (χ2v) is 21.6. The summed E-state index contributed by atoms with van der Waals surface area (Å²) in [7, 11) is 0. The zero-order valence-corrected chi connectivity index (χ0v) is 42.1. The monoisotopic (exact) mass is 997 g/mol. The van der Waals surface area contributed by atoms with Crippen LogP contribution < -0.4 is 15.4 Å². The molecule has 3 aliphatic heterocycles. The Morgan fingerprint density at radius 3 is 2.55 bits per heavy atom. The molecule has 5 aromatic rings. The average Bonchev–Trinajstić information content (AvgIpc) is 4.19. The molecule has 384 valence electrons. The number of ketones is 2. The van der Waals surface area contributed by atoms with E-state index in [1.54, 1.807) is 24.3 Å². The molecule has 7 aliphatic rings. The standard InChI is InChI=1S/C62H68N4O8/c1-2-25-63-35-39-12-16-52-50-33-53-45(20-26-64-53)51(34-62(73)23-18-38-6-5-9-54(68)42(38)19-24-62)57(50)60(72)48(22-28-67)55(69)17-11-37-30-40(59(71)56(32-37)74-41-7-3-4-8-41)29-36-10-13-43-46(58(39)70)15-14-44(49(43)31-36)47-21-27-65-61(47)66-52/h5-6,9-10,13-15,19-21,24,26-27,30-33,39,41,44,46,48,51-52,57-58,63-68,70-71,73H,2-4,7-8,11,17-18,22-23,25,28-29,34-35H2,1H3. The van der Waals surface area contributed by atoms with Crippen LogP contribution in [0.3, 0.4) is 0 Å². The van der Waals surface area contributed by atoms with Gasteiger partial charge in [0.15, 0.2) is 17.3 Å². The molecule has 0 spiro atoms. The van der Waals surface area contributed by atoms with Crippen LogP contribution in [0.25, 0.3) is 12.2 Å². The number of carbonyl (C=O) groups is 2. The number of fused-ring (bicyclic) bond motifs is 8. The lowest BCUT2D eigenvalue weighted by Gasteiger charge is -2.40. The van der Waals surface area contributed by atoms with E-state index in [1.807, 2.05) is 48.8 Å². The number of aromatic nitrogens is 2. The maximum Gasteiger partial charge on any atom is 0.161 e. The van der Waals surface area contributed by atoms with E-state index in [4.69, 9.17) is 4.74 Å². The highest BCUT2D eigenvalue weighted by molar-refractivity contribution is 6.05. The summed E-state index contributed by atoms with van der Waals surface area (Å²) in [5, 5.41) is 66.5. The molecule has 2 aromatic heterocycles. The number of nitrogens with one attached hydrogen (secondary N) is 4. The lowest BCUT2D eigenvalue weighted by atomic mass is 9.65. The van der Waals surface area contributed by atoms with Gasteiger partial charge in [0.2, 0.25) is 0 Å². The lowest BCUT2D eigenvalue weighted by molar-refractivity contribution is -0.135. The van der Waals surface area contributed by atoms with Crippen LogP contribution in [0, 0.1) is 29.6 Å². The van der Waals surface area contributed by atoms with Crippen molar-refractivity contribution in [2.75, 3.05) is 25.0 Å². The quantitative estimate of drug-likeness (QED) is 0.0282. The van der Waals surface area contributed by atoms with Crippen LogP contribution in [0.2, 0.25) is 0 Å². The Morgan fingerprint density at radius 2 is 1.72 bits per heavy atom. The first-order chi connectivity index (χ1) is 36.0. The van der Waals surface area contributed by atoms with E-state index in [0.29, 0.717) is 54.1 Å². The first-order valence-electron chi connectivity index (χ1n) is 26.9. The summed E-state index contributed by atoms with van der Waals surface area (Å²) in [4.78, 5) is 38.1. The minimum Gasteiger partial charge on any atom is -0.507 e. The fourth-order valence-corrected chi connectivity index (χ4v) is 12.9. The molecule has 0 amide bonds. The topological polar surface area (TPSA) is 200 Å². The van der Waals surface area contributed by atoms with Crippen LogP contribution in [-0.4, -0.2) is 90.6 Å². The van der Waals surface area contributed by atoms with Gasteiger partial charge in [-0.15, -0.1) is 0 Å². The van der Waals surface area contributed by atoms with Crippen LogP contribution in [0.1, 0.15) is 138 Å². The van der Waals surface area contributed by atoms with Crippen molar-refractivity contribution in [2.45, 2.75) is 126 Å². The second kappa shape index (κ2) is 20.9. The zero-order valence-electron chi connectivity index (χ0n) is 42.1. The molecule has 1 fully saturated rings. The molecule has 1 saturated carbocycles. The zero-order chi connectivity index (χ0) is 51.1. The third-order valence-electron chi connectivity index (χ3n) is 16.8. The van der Waals surface area contributed by atoms with Crippen molar-refractivity contribution < 1.29 is 39.9 Å². The highest BCUT2D eigenvalue weighted by Crippen LogP contribution is 2.50. The van der Waals surface area contributed by atoms with Crippen molar-refractivity contribution in [3.8, 4) is 29.1 Å². The smallest absolute Gasteiger partial charge is 0.161 e. The normalized spacial score (nSPS) is 27.3. The highest BCUT2D eigenvalue weighted by Gasteiger charge is 2.47. The number of benzene rings is 3. The van der Waals surface area contributed by atoms with Crippen LogP contribution in [0.5, 0.6) is 17.2 Å². The average molecular weight is 997 g/mol. The summed E-state index contributed by atoms with van der Waals surface area (Å²) in [5.74, 6) is 3.61. The van der Waals surface area contributed by atoms with Crippen molar-refractivity contribution in [2.24, 2.45) is 17.8 Å². The molecule has 5 heterocycles. The van der Waals surface area contributed by atoms with Crippen molar-refractivity contribution >= 4 is 29.5 Å². The van der Waals surface area contributed by atoms with Gasteiger partial charge in [-0.1, -0.05) is 79.5 Å². The van der Waals surface area contributed by atoms with Crippen molar-refractivity contribution in [1.82, 2.24) is 15.3 Å². The second-order valence-electron chi connectivity index (χ2n) is 21.6. The lowest BCUT2D eigenvalue weighted by Crippen LogP contribution is -2.43. The maximum absolute atomic E-state index is 16.1. The molecule has 12 heteroatoms. The van der Waals surface area contributed by atoms with Gasteiger partial charge in [-0.2, -0.15) is 0 Å². The number of aliphatic hydroxyl groups excluding tert-OH is 2. The number of aliphatic hydroxyl groups is 3. The molecular weight excluding hydrogens is 929 g/mol. The summed E-state index contributed by atoms with van der Waals surface area (Å²) in [5.41, 5.74) is 7.64. The minimum atomic E-state index is -1.44.